The second-order valence-corrected chi connectivity index (χ2v) is 4.59. The fourth-order valence-electron chi connectivity index (χ4n) is 1.63. The molecule has 0 aliphatic heterocycles. The number of carbonyl (C=O) groups excluding carboxylic acids is 1. The summed E-state index contributed by atoms with van der Waals surface area (Å²) in [5.41, 5.74) is 3.88. The van der Waals surface area contributed by atoms with Crippen LogP contribution in [-0.2, 0) is 0 Å². The quantitative estimate of drug-likeness (QED) is 0.766. The lowest BCUT2D eigenvalue weighted by atomic mass is 10.3. The first-order chi connectivity index (χ1) is 8.83. The number of amides is 1. The van der Waals surface area contributed by atoms with Crippen molar-refractivity contribution in [2.75, 3.05) is 5.32 Å². The maximum atomic E-state index is 11.9. The number of anilines is 1. The van der Waals surface area contributed by atoms with Gasteiger partial charge in [-0.25, -0.2) is 4.98 Å². The predicted octanol–water partition coefficient (Wildman–Crippen LogP) is 2.94. The molecule has 0 aliphatic carbocycles. The molecule has 0 saturated carbocycles. The summed E-state index contributed by atoms with van der Waals surface area (Å²) in [6.45, 7) is 0. The Morgan fingerprint density at radius 3 is 2.94 bits per heavy atom. The highest BCUT2D eigenvalue weighted by molar-refractivity contribution is 7.16. The summed E-state index contributed by atoms with van der Waals surface area (Å²) >= 11 is 1.55. The number of rotatable bonds is 2. The zero-order valence-electron chi connectivity index (χ0n) is 9.33. The highest BCUT2D eigenvalue weighted by Crippen LogP contribution is 2.21. The molecule has 4 nitrogen and oxygen atoms in total. The molecular weight excluding hydrogens is 246 g/mol. The van der Waals surface area contributed by atoms with Gasteiger partial charge in [-0.15, -0.1) is 11.3 Å². The summed E-state index contributed by atoms with van der Waals surface area (Å²) < 4.78 is 1.05. The molecule has 0 unspecified atom stereocenters. The van der Waals surface area contributed by atoms with E-state index in [0.29, 0.717) is 5.69 Å². The Morgan fingerprint density at radius 2 is 2.11 bits per heavy atom. The lowest BCUT2D eigenvalue weighted by molar-refractivity contribution is 0.102. The van der Waals surface area contributed by atoms with E-state index in [4.69, 9.17) is 0 Å². The van der Waals surface area contributed by atoms with Crippen molar-refractivity contribution in [2.45, 2.75) is 0 Å². The van der Waals surface area contributed by atoms with E-state index in [2.05, 4.69) is 15.3 Å². The SMILES string of the molecule is O=C(Nc1ccc2ncsc2c1)c1ccccn1. The van der Waals surface area contributed by atoms with Crippen LogP contribution in [0.15, 0.2) is 48.1 Å². The first kappa shape index (κ1) is 10.9. The standard InChI is InChI=1S/C13H9N3OS/c17-13(11-3-1-2-6-14-11)16-9-4-5-10-12(7-9)18-8-15-10/h1-8H,(H,16,17). The van der Waals surface area contributed by atoms with Gasteiger partial charge in [0.2, 0.25) is 0 Å². The van der Waals surface area contributed by atoms with Crippen LogP contribution >= 0.6 is 11.3 Å². The fraction of sp³-hybridized carbons (Fsp3) is 0. The van der Waals surface area contributed by atoms with Crippen molar-refractivity contribution in [3.63, 3.8) is 0 Å². The molecule has 0 atom stereocenters. The van der Waals surface area contributed by atoms with Gasteiger partial charge in [-0.2, -0.15) is 0 Å². The number of carbonyl (C=O) groups is 1. The third kappa shape index (κ3) is 2.08. The number of fused-ring (bicyclic) bond motifs is 1. The molecule has 1 N–H and O–H groups in total. The first-order valence-corrected chi connectivity index (χ1v) is 6.26. The van der Waals surface area contributed by atoms with E-state index >= 15 is 0 Å². The average molecular weight is 255 g/mol. The molecule has 0 fully saturated rings. The molecule has 3 aromatic rings. The number of hydrogen-bond donors (Lipinski definition) is 1. The van der Waals surface area contributed by atoms with Gasteiger partial charge in [-0.1, -0.05) is 6.07 Å². The molecule has 88 valence electrons. The van der Waals surface area contributed by atoms with Crippen molar-refractivity contribution in [3.8, 4) is 0 Å². The van der Waals surface area contributed by atoms with Crippen LogP contribution in [0.3, 0.4) is 0 Å². The summed E-state index contributed by atoms with van der Waals surface area (Å²) in [7, 11) is 0. The lowest BCUT2D eigenvalue weighted by Gasteiger charge is -2.04. The van der Waals surface area contributed by atoms with Crippen molar-refractivity contribution in [1.29, 1.82) is 0 Å². The van der Waals surface area contributed by atoms with E-state index in [1.54, 1.807) is 41.2 Å². The Labute approximate surface area is 107 Å². The average Bonchev–Trinajstić information content (AvgIpc) is 2.87. The summed E-state index contributed by atoms with van der Waals surface area (Å²) in [4.78, 5) is 20.1. The van der Waals surface area contributed by atoms with Gasteiger partial charge in [0, 0.05) is 11.9 Å². The van der Waals surface area contributed by atoms with Gasteiger partial charge in [0.25, 0.3) is 5.91 Å². The third-order valence-corrected chi connectivity index (χ3v) is 3.28. The predicted molar refractivity (Wildman–Crippen MR) is 71.8 cm³/mol. The van der Waals surface area contributed by atoms with Gasteiger partial charge in [0.05, 0.1) is 15.7 Å². The molecule has 1 aromatic carbocycles. The van der Waals surface area contributed by atoms with Crippen LogP contribution in [0.5, 0.6) is 0 Å². The monoisotopic (exact) mass is 255 g/mol. The van der Waals surface area contributed by atoms with Crippen LogP contribution < -0.4 is 5.32 Å². The largest absolute Gasteiger partial charge is 0.321 e. The van der Waals surface area contributed by atoms with E-state index in [-0.39, 0.29) is 5.91 Å². The van der Waals surface area contributed by atoms with Gasteiger partial charge < -0.3 is 5.32 Å². The van der Waals surface area contributed by atoms with E-state index in [1.807, 2.05) is 18.2 Å². The van der Waals surface area contributed by atoms with Gasteiger partial charge in [-0.3, -0.25) is 9.78 Å². The van der Waals surface area contributed by atoms with E-state index in [9.17, 15) is 4.79 Å². The number of hydrogen-bond acceptors (Lipinski definition) is 4. The number of nitrogens with one attached hydrogen (secondary N) is 1. The molecule has 3 rings (SSSR count). The highest BCUT2D eigenvalue weighted by atomic mass is 32.1. The lowest BCUT2D eigenvalue weighted by Crippen LogP contribution is -2.13. The normalized spacial score (nSPS) is 10.4. The third-order valence-electron chi connectivity index (χ3n) is 2.49. The van der Waals surface area contributed by atoms with Gasteiger partial charge in [0.15, 0.2) is 0 Å². The second-order valence-electron chi connectivity index (χ2n) is 3.70. The van der Waals surface area contributed by atoms with Crippen LogP contribution in [0.1, 0.15) is 10.5 Å². The summed E-state index contributed by atoms with van der Waals surface area (Å²) in [5, 5.41) is 2.82. The molecular formula is C13H9N3OS. The maximum absolute atomic E-state index is 11.9. The Bertz CT molecular complexity index is 694. The number of thiazole rings is 1. The van der Waals surface area contributed by atoms with Crippen molar-refractivity contribution in [2.24, 2.45) is 0 Å². The smallest absolute Gasteiger partial charge is 0.274 e. The minimum atomic E-state index is -0.209. The van der Waals surface area contributed by atoms with Crippen molar-refractivity contribution < 1.29 is 4.79 Å². The Kier molecular flexibility index (Phi) is 2.74. The molecule has 0 bridgehead atoms. The number of pyridine rings is 1. The Morgan fingerprint density at radius 1 is 1.17 bits per heavy atom. The summed E-state index contributed by atoms with van der Waals surface area (Å²) in [5.74, 6) is -0.209. The number of benzene rings is 1. The van der Waals surface area contributed by atoms with E-state index < -0.39 is 0 Å². The molecule has 18 heavy (non-hydrogen) atoms. The van der Waals surface area contributed by atoms with Crippen LogP contribution in [-0.4, -0.2) is 15.9 Å². The first-order valence-electron chi connectivity index (χ1n) is 5.38. The van der Waals surface area contributed by atoms with Gasteiger partial charge in [0.1, 0.15) is 5.69 Å². The molecule has 0 aliphatic rings. The van der Waals surface area contributed by atoms with Gasteiger partial charge in [-0.05, 0) is 30.3 Å². The van der Waals surface area contributed by atoms with Crippen LogP contribution in [0, 0.1) is 0 Å². The van der Waals surface area contributed by atoms with E-state index in [1.165, 1.54) is 0 Å². The minimum absolute atomic E-state index is 0.209. The minimum Gasteiger partial charge on any atom is -0.321 e. The van der Waals surface area contributed by atoms with Gasteiger partial charge >= 0.3 is 0 Å². The fourth-order valence-corrected chi connectivity index (χ4v) is 2.34. The summed E-state index contributed by atoms with van der Waals surface area (Å²) in [6, 6.07) is 10.9. The Hall–Kier alpha value is -2.27. The topological polar surface area (TPSA) is 54.9 Å². The molecule has 1 amide bonds. The van der Waals surface area contributed by atoms with Crippen LogP contribution in [0.25, 0.3) is 10.2 Å². The molecule has 5 heteroatoms. The van der Waals surface area contributed by atoms with Crippen molar-refractivity contribution in [3.05, 3.63) is 53.8 Å². The maximum Gasteiger partial charge on any atom is 0.274 e. The van der Waals surface area contributed by atoms with Crippen molar-refractivity contribution in [1.82, 2.24) is 9.97 Å². The van der Waals surface area contributed by atoms with Crippen LogP contribution in [0.4, 0.5) is 5.69 Å². The zero-order chi connectivity index (χ0) is 12.4. The number of nitrogens with zero attached hydrogens (tertiary/aromatic N) is 2. The molecule has 2 heterocycles. The van der Waals surface area contributed by atoms with Crippen LogP contribution in [0.2, 0.25) is 0 Å². The molecule has 2 aromatic heterocycles. The molecule has 0 saturated heterocycles. The zero-order valence-corrected chi connectivity index (χ0v) is 10.1. The Balaban J connectivity index is 1.86. The molecule has 0 radical (unpaired) electrons. The van der Waals surface area contributed by atoms with E-state index in [0.717, 1.165) is 15.9 Å². The highest BCUT2D eigenvalue weighted by Gasteiger charge is 2.07. The molecule has 0 spiro atoms. The second kappa shape index (κ2) is 4.54. The number of aromatic nitrogens is 2. The van der Waals surface area contributed by atoms with Crippen molar-refractivity contribution >= 4 is 33.1 Å². The summed E-state index contributed by atoms with van der Waals surface area (Å²) in [6.07, 6.45) is 1.60.